The highest BCUT2D eigenvalue weighted by Gasteiger charge is 2.27. The standard InChI is InChI=1S/C61H117N2O6P/c1-6-8-10-12-14-16-18-20-22-24-26-27-28-29-30-31-32-33-34-35-36-37-38-40-42-44-46-48-50-52-54-60(64)59(58-69-70(66,67)68-57-56-63(3,4)5)62-61(65)55-53-51-49-47-45-43-41-39-25-23-21-19-17-15-13-11-9-7-2/h23,25,37-38,44,46,52,54,59-60,64H,6-22,24,26-36,39-43,45,47-51,53,55-58H2,1-5H3,(H-,62,65,66,67)/p+1/b25-23-,38-37+,46-44+,54-52+. The second-order valence-electron chi connectivity index (χ2n) is 21.7. The highest BCUT2D eigenvalue weighted by atomic mass is 31.2. The molecule has 0 radical (unpaired) electrons. The van der Waals surface area contributed by atoms with Gasteiger partial charge in [0.1, 0.15) is 13.2 Å². The molecule has 0 aromatic carbocycles. The monoisotopic (exact) mass is 1010 g/mol. The van der Waals surface area contributed by atoms with Crippen LogP contribution < -0.4 is 5.32 Å². The number of nitrogens with one attached hydrogen (secondary N) is 1. The van der Waals surface area contributed by atoms with Crippen molar-refractivity contribution in [2.24, 2.45) is 0 Å². The van der Waals surface area contributed by atoms with Crippen molar-refractivity contribution in [1.82, 2.24) is 5.32 Å². The maximum Gasteiger partial charge on any atom is 0.472 e. The fraction of sp³-hybridized carbons (Fsp3) is 0.852. The van der Waals surface area contributed by atoms with E-state index in [9.17, 15) is 19.4 Å². The first kappa shape index (κ1) is 68.5. The highest BCUT2D eigenvalue weighted by Crippen LogP contribution is 2.43. The maximum atomic E-state index is 13.0. The third-order valence-corrected chi connectivity index (χ3v) is 14.5. The van der Waals surface area contributed by atoms with Gasteiger partial charge in [0.05, 0.1) is 39.9 Å². The van der Waals surface area contributed by atoms with Crippen LogP contribution in [0.15, 0.2) is 48.6 Å². The number of carbonyl (C=O) groups is 1. The average Bonchev–Trinajstić information content (AvgIpc) is 3.32. The van der Waals surface area contributed by atoms with Gasteiger partial charge in [-0.2, -0.15) is 0 Å². The molecule has 3 unspecified atom stereocenters. The number of likely N-dealkylation sites (N-methyl/N-ethyl adjacent to an activating group) is 1. The van der Waals surface area contributed by atoms with Crippen molar-refractivity contribution in [3.8, 4) is 0 Å². The molecule has 0 bridgehead atoms. The predicted octanol–water partition coefficient (Wildman–Crippen LogP) is 18.3. The Hall–Kier alpha value is -1.54. The van der Waals surface area contributed by atoms with Crippen LogP contribution in [-0.2, 0) is 18.4 Å². The number of hydrogen-bond donors (Lipinski definition) is 3. The zero-order chi connectivity index (χ0) is 51.3. The number of rotatable bonds is 55. The van der Waals surface area contributed by atoms with Crippen LogP contribution in [0.5, 0.6) is 0 Å². The summed E-state index contributed by atoms with van der Waals surface area (Å²) >= 11 is 0. The number of aliphatic hydroxyl groups excluding tert-OH is 1. The largest absolute Gasteiger partial charge is 0.472 e. The van der Waals surface area contributed by atoms with Crippen LogP contribution in [0.2, 0.25) is 0 Å². The molecule has 0 aliphatic heterocycles. The van der Waals surface area contributed by atoms with Gasteiger partial charge in [0.15, 0.2) is 0 Å². The van der Waals surface area contributed by atoms with Crippen molar-refractivity contribution in [2.45, 2.75) is 296 Å². The summed E-state index contributed by atoms with van der Waals surface area (Å²) in [6.07, 6.45) is 69.5. The summed E-state index contributed by atoms with van der Waals surface area (Å²) < 4.78 is 23.7. The number of phosphoric acid groups is 1. The van der Waals surface area contributed by atoms with Gasteiger partial charge in [-0.15, -0.1) is 0 Å². The molecule has 0 aliphatic carbocycles. The third-order valence-electron chi connectivity index (χ3n) is 13.5. The van der Waals surface area contributed by atoms with Crippen LogP contribution in [0.3, 0.4) is 0 Å². The number of allylic oxidation sites excluding steroid dienone is 7. The second kappa shape index (κ2) is 52.3. The normalized spacial score (nSPS) is 14.2. The van der Waals surface area contributed by atoms with E-state index in [4.69, 9.17) is 9.05 Å². The molecule has 0 saturated heterocycles. The van der Waals surface area contributed by atoms with Gasteiger partial charge in [-0.3, -0.25) is 13.8 Å². The predicted molar refractivity (Wildman–Crippen MR) is 304 cm³/mol. The lowest BCUT2D eigenvalue weighted by atomic mass is 10.0. The second-order valence-corrected chi connectivity index (χ2v) is 23.2. The molecule has 0 aromatic rings. The fourth-order valence-corrected chi connectivity index (χ4v) is 9.51. The maximum absolute atomic E-state index is 13.0. The van der Waals surface area contributed by atoms with E-state index in [-0.39, 0.29) is 19.1 Å². The van der Waals surface area contributed by atoms with E-state index < -0.39 is 20.0 Å². The Bertz CT molecular complexity index is 1280. The summed E-state index contributed by atoms with van der Waals surface area (Å²) in [4.78, 5) is 23.3. The van der Waals surface area contributed by atoms with Gasteiger partial charge >= 0.3 is 7.82 Å². The molecule has 70 heavy (non-hydrogen) atoms. The number of hydrogen-bond acceptors (Lipinski definition) is 5. The summed E-state index contributed by atoms with van der Waals surface area (Å²) in [5.74, 6) is -0.194. The number of amides is 1. The van der Waals surface area contributed by atoms with Crippen LogP contribution >= 0.6 is 7.82 Å². The summed E-state index contributed by atoms with van der Waals surface area (Å²) in [5, 5.41) is 13.9. The summed E-state index contributed by atoms with van der Waals surface area (Å²) in [6, 6.07) is -0.873. The summed E-state index contributed by atoms with van der Waals surface area (Å²) in [5.41, 5.74) is 0. The van der Waals surface area contributed by atoms with Gasteiger partial charge in [0.2, 0.25) is 5.91 Å². The topological polar surface area (TPSA) is 105 Å². The minimum Gasteiger partial charge on any atom is -0.387 e. The highest BCUT2D eigenvalue weighted by molar-refractivity contribution is 7.47. The molecule has 0 aliphatic rings. The van der Waals surface area contributed by atoms with E-state index in [1.54, 1.807) is 6.08 Å². The van der Waals surface area contributed by atoms with Gasteiger partial charge in [0, 0.05) is 6.42 Å². The quantitative estimate of drug-likeness (QED) is 0.0243. The van der Waals surface area contributed by atoms with Crippen LogP contribution in [0.4, 0.5) is 0 Å². The molecule has 0 saturated carbocycles. The van der Waals surface area contributed by atoms with E-state index in [2.05, 4.69) is 55.6 Å². The number of carbonyl (C=O) groups excluding carboxylic acids is 1. The van der Waals surface area contributed by atoms with Crippen LogP contribution in [0, 0.1) is 0 Å². The number of quaternary nitrogens is 1. The lowest BCUT2D eigenvalue weighted by Crippen LogP contribution is -2.45. The molecule has 1 amide bonds. The minimum absolute atomic E-state index is 0.0522. The number of unbranched alkanes of at least 4 members (excludes halogenated alkanes) is 36. The molecular formula is C61H118N2O6P+. The Kier molecular flexibility index (Phi) is 51.2. The first-order valence-electron chi connectivity index (χ1n) is 30.0. The number of phosphoric ester groups is 1. The van der Waals surface area contributed by atoms with Crippen LogP contribution in [0.25, 0.3) is 0 Å². The first-order valence-corrected chi connectivity index (χ1v) is 31.5. The summed E-state index contributed by atoms with van der Waals surface area (Å²) in [7, 11) is 1.55. The molecule has 0 rings (SSSR count). The van der Waals surface area contributed by atoms with E-state index in [1.807, 2.05) is 27.2 Å². The Morgan fingerprint density at radius 3 is 1.14 bits per heavy atom. The molecule has 9 heteroatoms. The summed E-state index contributed by atoms with van der Waals surface area (Å²) in [6.45, 7) is 4.81. The van der Waals surface area contributed by atoms with E-state index in [0.29, 0.717) is 17.4 Å². The minimum atomic E-state index is -4.36. The van der Waals surface area contributed by atoms with Gasteiger partial charge < -0.3 is 19.8 Å². The van der Waals surface area contributed by atoms with Crippen molar-refractivity contribution in [3.05, 3.63) is 48.6 Å². The number of nitrogens with zero attached hydrogens (tertiary/aromatic N) is 1. The molecule has 0 heterocycles. The Balaban J connectivity index is 4.22. The zero-order valence-corrected chi connectivity index (χ0v) is 47.9. The molecule has 0 fully saturated rings. The molecule has 8 nitrogen and oxygen atoms in total. The lowest BCUT2D eigenvalue weighted by molar-refractivity contribution is -0.870. The SMILES string of the molecule is CCCCCCCCC/C=C\CCCCCCCCCC(=O)NC(COP(=O)(O)OCC[N+](C)(C)C)C(O)/C=C/CC/C=C/CC/C=C/CCCCCCCCCCCCCCCCCCCCCC. The molecule has 0 spiro atoms. The fourth-order valence-electron chi connectivity index (χ4n) is 8.78. The van der Waals surface area contributed by atoms with E-state index in [1.165, 1.54) is 218 Å². The number of aliphatic hydroxyl groups is 1. The van der Waals surface area contributed by atoms with Crippen molar-refractivity contribution >= 4 is 13.7 Å². The Morgan fingerprint density at radius 2 is 0.786 bits per heavy atom. The van der Waals surface area contributed by atoms with Gasteiger partial charge in [-0.1, -0.05) is 255 Å². The molecule has 0 aromatic heterocycles. The van der Waals surface area contributed by atoms with Crippen LogP contribution in [-0.4, -0.2) is 73.4 Å². The van der Waals surface area contributed by atoms with Crippen molar-refractivity contribution in [3.63, 3.8) is 0 Å². The van der Waals surface area contributed by atoms with Crippen molar-refractivity contribution in [1.29, 1.82) is 0 Å². The van der Waals surface area contributed by atoms with E-state index >= 15 is 0 Å². The lowest BCUT2D eigenvalue weighted by Gasteiger charge is -2.25. The average molecular weight is 1010 g/mol. The van der Waals surface area contributed by atoms with Gasteiger partial charge in [-0.05, 0) is 70.6 Å². The van der Waals surface area contributed by atoms with Crippen molar-refractivity contribution in [2.75, 3.05) is 40.9 Å². The Morgan fingerprint density at radius 1 is 0.471 bits per heavy atom. The van der Waals surface area contributed by atoms with E-state index in [0.717, 1.165) is 44.9 Å². The molecule has 3 atom stereocenters. The van der Waals surface area contributed by atoms with Crippen molar-refractivity contribution < 1.29 is 32.9 Å². The first-order chi connectivity index (χ1) is 34.0. The zero-order valence-electron chi connectivity index (χ0n) is 47.0. The van der Waals surface area contributed by atoms with Crippen LogP contribution in [0.1, 0.15) is 284 Å². The van der Waals surface area contributed by atoms with Gasteiger partial charge in [-0.25, -0.2) is 4.57 Å². The molecule has 412 valence electrons. The molecule has 3 N–H and O–H groups in total. The van der Waals surface area contributed by atoms with Gasteiger partial charge in [0.25, 0.3) is 0 Å². The Labute approximate surface area is 435 Å². The third kappa shape index (κ3) is 54.2. The molecular weight excluding hydrogens is 888 g/mol. The smallest absolute Gasteiger partial charge is 0.387 e.